The Balaban J connectivity index is 3.11. The van der Waals surface area contributed by atoms with Crippen LogP contribution in [0.4, 0.5) is 0 Å². The lowest BCUT2D eigenvalue weighted by Crippen LogP contribution is -2.18. The van der Waals surface area contributed by atoms with Crippen LogP contribution in [-0.4, -0.2) is 29.8 Å². The van der Waals surface area contributed by atoms with E-state index in [0.717, 1.165) is 31.4 Å². The maximum atomic E-state index is 11.3. The van der Waals surface area contributed by atoms with Crippen LogP contribution in [0.15, 0.2) is 23.3 Å². The van der Waals surface area contributed by atoms with E-state index >= 15 is 0 Å². The quantitative estimate of drug-likeness (QED) is 0.672. The molecule has 0 atom stereocenters. The summed E-state index contributed by atoms with van der Waals surface area (Å²) >= 11 is 0. The van der Waals surface area contributed by atoms with Gasteiger partial charge in [-0.3, -0.25) is 4.79 Å². The molecule has 0 aromatic carbocycles. The second-order valence-electron chi connectivity index (χ2n) is 4.37. The van der Waals surface area contributed by atoms with Gasteiger partial charge in [0.2, 0.25) is 5.91 Å². The van der Waals surface area contributed by atoms with Crippen LogP contribution in [0.3, 0.4) is 0 Å². The van der Waals surface area contributed by atoms with Crippen LogP contribution in [0.1, 0.15) is 33.1 Å². The molecule has 0 aliphatic carbocycles. The monoisotopic (exact) mass is 221 g/mol. The predicted molar refractivity (Wildman–Crippen MR) is 66.6 cm³/mol. The molecule has 0 bridgehead atoms. The molecule has 1 aliphatic rings. The maximum absolute atomic E-state index is 11.3. The van der Waals surface area contributed by atoms with Gasteiger partial charge in [-0.05, 0) is 25.3 Å². The molecule has 1 rings (SSSR count). The highest BCUT2D eigenvalue weighted by Crippen LogP contribution is 2.13. The van der Waals surface area contributed by atoms with Crippen molar-refractivity contribution in [1.29, 1.82) is 0 Å². The van der Waals surface area contributed by atoms with Crippen molar-refractivity contribution in [3.63, 3.8) is 0 Å². The van der Waals surface area contributed by atoms with E-state index in [2.05, 4.69) is 18.5 Å². The van der Waals surface area contributed by atoms with Crippen molar-refractivity contribution >= 4 is 11.6 Å². The maximum Gasteiger partial charge on any atom is 0.248 e. The molecule has 0 aromatic rings. The highest BCUT2D eigenvalue weighted by atomic mass is 16.1. The van der Waals surface area contributed by atoms with Gasteiger partial charge in [-0.2, -0.15) is 0 Å². The van der Waals surface area contributed by atoms with Gasteiger partial charge in [0, 0.05) is 25.0 Å². The largest absolute Gasteiger partial charge is 0.366 e. The lowest BCUT2D eigenvalue weighted by Gasteiger charge is -2.07. The Kier molecular flexibility index (Phi) is 4.47. The fourth-order valence-corrected chi connectivity index (χ4v) is 1.87. The zero-order valence-corrected chi connectivity index (χ0v) is 10.4. The third-order valence-corrected chi connectivity index (χ3v) is 3.01. The summed E-state index contributed by atoms with van der Waals surface area (Å²) in [6.07, 6.45) is 7.16. The second-order valence-corrected chi connectivity index (χ2v) is 4.37. The average Bonchev–Trinajstić information content (AvgIpc) is 2.20. The first-order chi connectivity index (χ1) is 7.52. The van der Waals surface area contributed by atoms with E-state index in [9.17, 15) is 4.79 Å². The minimum Gasteiger partial charge on any atom is -0.366 e. The van der Waals surface area contributed by atoms with Crippen molar-refractivity contribution in [2.45, 2.75) is 33.1 Å². The van der Waals surface area contributed by atoms with Crippen LogP contribution in [0.2, 0.25) is 0 Å². The van der Waals surface area contributed by atoms with Gasteiger partial charge in [0.15, 0.2) is 5.71 Å². The van der Waals surface area contributed by atoms with Gasteiger partial charge >= 0.3 is 0 Å². The van der Waals surface area contributed by atoms with Crippen molar-refractivity contribution in [1.82, 2.24) is 0 Å². The number of primary amides is 1. The molecular formula is C13H21N2O+. The third kappa shape index (κ3) is 3.33. The smallest absolute Gasteiger partial charge is 0.248 e. The highest BCUT2D eigenvalue weighted by molar-refractivity contribution is 5.99. The summed E-state index contributed by atoms with van der Waals surface area (Å²) in [5.41, 5.74) is 8.17. The van der Waals surface area contributed by atoms with Crippen molar-refractivity contribution < 1.29 is 9.37 Å². The van der Waals surface area contributed by atoms with Crippen LogP contribution in [0.25, 0.3) is 0 Å². The molecule has 2 N–H and O–H groups in total. The zero-order chi connectivity index (χ0) is 12.1. The predicted octanol–water partition coefficient (Wildman–Crippen LogP) is 1.63. The molecule has 3 nitrogen and oxygen atoms in total. The number of allylic oxidation sites excluding steroid dienone is 2. The summed E-state index contributed by atoms with van der Waals surface area (Å²) in [6.45, 7) is 5.06. The first kappa shape index (κ1) is 12.7. The number of carbonyl (C=O) groups excluding carboxylic acids is 1. The molecule has 0 unspecified atom stereocenters. The first-order valence-electron chi connectivity index (χ1n) is 5.75. The fourth-order valence-electron chi connectivity index (χ4n) is 1.87. The lowest BCUT2D eigenvalue weighted by molar-refractivity contribution is -0.497. The van der Waals surface area contributed by atoms with E-state index < -0.39 is 0 Å². The van der Waals surface area contributed by atoms with E-state index in [1.807, 2.05) is 19.1 Å². The van der Waals surface area contributed by atoms with Gasteiger partial charge in [0.1, 0.15) is 13.6 Å². The van der Waals surface area contributed by atoms with E-state index in [1.165, 1.54) is 5.71 Å². The van der Waals surface area contributed by atoms with Crippen LogP contribution < -0.4 is 5.73 Å². The first-order valence-corrected chi connectivity index (χ1v) is 5.75. The fraction of sp³-hybridized carbons (Fsp3) is 0.538. The number of nitrogens with zero attached hydrogens (tertiary/aromatic N) is 1. The van der Waals surface area contributed by atoms with Crippen molar-refractivity contribution in [3.05, 3.63) is 23.3 Å². The van der Waals surface area contributed by atoms with Gasteiger partial charge in [-0.1, -0.05) is 6.08 Å². The summed E-state index contributed by atoms with van der Waals surface area (Å²) in [5, 5.41) is 0. The Labute approximate surface area is 97.3 Å². The van der Waals surface area contributed by atoms with Crippen molar-refractivity contribution in [2.24, 2.45) is 5.73 Å². The number of hydrogen-bond acceptors (Lipinski definition) is 1. The van der Waals surface area contributed by atoms with Gasteiger partial charge in [0.25, 0.3) is 0 Å². The number of carbonyl (C=O) groups is 1. The molecular weight excluding hydrogens is 200 g/mol. The van der Waals surface area contributed by atoms with Crippen LogP contribution >= 0.6 is 0 Å². The summed E-state index contributed by atoms with van der Waals surface area (Å²) in [5.74, 6) is -0.329. The van der Waals surface area contributed by atoms with E-state index in [1.54, 1.807) is 0 Å². The molecule has 3 heteroatoms. The molecule has 0 spiro atoms. The number of hydrogen-bond donors (Lipinski definition) is 1. The Bertz CT molecular complexity index is 375. The van der Waals surface area contributed by atoms with Crippen molar-refractivity contribution in [3.8, 4) is 0 Å². The molecule has 1 aliphatic heterocycles. The van der Waals surface area contributed by atoms with Gasteiger partial charge in [0.05, 0.1) is 0 Å². The Morgan fingerprint density at radius 3 is 2.69 bits per heavy atom. The van der Waals surface area contributed by atoms with Crippen molar-refractivity contribution in [2.75, 3.05) is 13.6 Å². The normalized spacial score (nSPS) is 18.9. The SMILES string of the molecule is CC1=CC(C)=[N+](C)CCCCC=C1C(N)=O. The zero-order valence-electron chi connectivity index (χ0n) is 10.4. The molecule has 0 aromatic heterocycles. The van der Waals surface area contributed by atoms with Gasteiger partial charge in [-0.25, -0.2) is 4.58 Å². The van der Waals surface area contributed by atoms with E-state index in [-0.39, 0.29) is 5.91 Å². The summed E-state index contributed by atoms with van der Waals surface area (Å²) < 4.78 is 2.22. The number of nitrogens with two attached hydrogens (primary N) is 1. The highest BCUT2D eigenvalue weighted by Gasteiger charge is 2.11. The summed E-state index contributed by atoms with van der Waals surface area (Å²) in [4.78, 5) is 11.3. The minimum absolute atomic E-state index is 0.329. The molecule has 16 heavy (non-hydrogen) atoms. The molecule has 88 valence electrons. The Morgan fingerprint density at radius 2 is 2.06 bits per heavy atom. The summed E-state index contributed by atoms with van der Waals surface area (Å²) in [6, 6.07) is 0. The van der Waals surface area contributed by atoms with E-state index in [0.29, 0.717) is 5.57 Å². The minimum atomic E-state index is -0.329. The average molecular weight is 221 g/mol. The van der Waals surface area contributed by atoms with Gasteiger partial charge in [-0.15, -0.1) is 0 Å². The molecule has 0 radical (unpaired) electrons. The number of amides is 1. The Hall–Kier alpha value is -1.38. The molecule has 0 saturated heterocycles. The van der Waals surface area contributed by atoms with E-state index in [4.69, 9.17) is 5.73 Å². The second kappa shape index (κ2) is 5.64. The Morgan fingerprint density at radius 1 is 1.38 bits per heavy atom. The van der Waals surface area contributed by atoms with Crippen LogP contribution in [0, 0.1) is 0 Å². The van der Waals surface area contributed by atoms with Crippen LogP contribution in [-0.2, 0) is 4.79 Å². The molecule has 0 saturated carbocycles. The van der Waals surface area contributed by atoms with Gasteiger partial charge < -0.3 is 5.73 Å². The summed E-state index contributed by atoms with van der Waals surface area (Å²) in [7, 11) is 2.08. The number of rotatable bonds is 1. The molecule has 0 fully saturated rings. The standard InChI is InChI=1S/C13H20N2O/c1-10-9-11(2)15(3)8-6-4-5-7-12(10)13(14)16/h7,9H,4-6,8H2,1-3H3,(H-,14,16)/p+1. The van der Waals surface area contributed by atoms with Crippen LogP contribution in [0.5, 0.6) is 0 Å². The topological polar surface area (TPSA) is 46.1 Å². The third-order valence-electron chi connectivity index (χ3n) is 3.01. The molecule has 1 amide bonds. The molecule has 1 heterocycles. The lowest BCUT2D eigenvalue weighted by atomic mass is 10.0.